The molecule has 86 valence electrons. The highest BCUT2D eigenvalue weighted by Gasteiger charge is 2.09. The summed E-state index contributed by atoms with van der Waals surface area (Å²) >= 11 is 0. The molecule has 0 fully saturated rings. The first-order valence-electron chi connectivity index (χ1n) is 5.14. The van der Waals surface area contributed by atoms with Crippen LogP contribution >= 0.6 is 0 Å². The second-order valence-electron chi connectivity index (χ2n) is 3.86. The van der Waals surface area contributed by atoms with Gasteiger partial charge in [0.1, 0.15) is 0 Å². The van der Waals surface area contributed by atoms with E-state index < -0.39 is 0 Å². The molecule has 0 bridgehead atoms. The molecule has 0 aliphatic carbocycles. The van der Waals surface area contributed by atoms with Gasteiger partial charge in [0.2, 0.25) is 0 Å². The van der Waals surface area contributed by atoms with Crippen molar-refractivity contribution in [2.75, 3.05) is 7.11 Å². The maximum absolute atomic E-state index is 5.17. The molecule has 0 aliphatic heterocycles. The summed E-state index contributed by atoms with van der Waals surface area (Å²) in [4.78, 5) is 0. The van der Waals surface area contributed by atoms with Crippen LogP contribution in [0, 0.1) is 0 Å². The minimum Gasteiger partial charge on any atom is -0.380 e. The van der Waals surface area contributed by atoms with E-state index in [9.17, 15) is 0 Å². The van der Waals surface area contributed by atoms with Crippen LogP contribution in [-0.2, 0) is 17.8 Å². The van der Waals surface area contributed by atoms with Crippen LogP contribution in [0.15, 0.2) is 0 Å². The van der Waals surface area contributed by atoms with Crippen LogP contribution < -0.4 is 5.32 Å². The average Bonchev–Trinajstić information content (AvgIpc) is 2.62. The van der Waals surface area contributed by atoms with Crippen molar-refractivity contribution in [1.82, 2.24) is 25.5 Å². The molecule has 0 saturated carbocycles. The summed E-state index contributed by atoms with van der Waals surface area (Å²) in [5.41, 5.74) is 0. The number of ether oxygens (including phenoxy) is 1. The number of methoxy groups -OCH3 is 1. The Balaban J connectivity index is 2.53. The third kappa shape index (κ3) is 3.93. The topological polar surface area (TPSA) is 64.9 Å². The van der Waals surface area contributed by atoms with Gasteiger partial charge in [0.25, 0.3) is 0 Å². The third-order valence-electron chi connectivity index (χ3n) is 2.11. The average molecular weight is 213 g/mol. The van der Waals surface area contributed by atoms with Gasteiger partial charge >= 0.3 is 0 Å². The van der Waals surface area contributed by atoms with E-state index in [0.717, 1.165) is 5.82 Å². The van der Waals surface area contributed by atoms with E-state index in [1.54, 1.807) is 11.8 Å². The van der Waals surface area contributed by atoms with Gasteiger partial charge in [0.15, 0.2) is 5.82 Å². The highest BCUT2D eigenvalue weighted by Crippen LogP contribution is 1.97. The Bertz CT molecular complexity index is 286. The van der Waals surface area contributed by atoms with Gasteiger partial charge in [-0.15, -0.1) is 5.10 Å². The van der Waals surface area contributed by atoms with Gasteiger partial charge in [0.05, 0.1) is 19.2 Å². The van der Waals surface area contributed by atoms with E-state index in [-0.39, 0.29) is 6.10 Å². The maximum Gasteiger partial charge on any atom is 0.165 e. The minimum atomic E-state index is 0.117. The zero-order valence-corrected chi connectivity index (χ0v) is 9.77. The van der Waals surface area contributed by atoms with Crippen LogP contribution in [0.4, 0.5) is 0 Å². The van der Waals surface area contributed by atoms with Crippen molar-refractivity contribution >= 4 is 0 Å². The number of nitrogens with one attached hydrogen (secondary N) is 1. The molecule has 15 heavy (non-hydrogen) atoms. The fraction of sp³-hybridized carbons (Fsp3) is 0.889. The van der Waals surface area contributed by atoms with Crippen molar-refractivity contribution in [3.63, 3.8) is 0 Å². The summed E-state index contributed by atoms with van der Waals surface area (Å²) in [5.74, 6) is 0.840. The Morgan fingerprint density at radius 1 is 1.40 bits per heavy atom. The SMILES string of the molecule is COC(C)Cn1nnnc1CNC(C)C. The van der Waals surface area contributed by atoms with E-state index in [4.69, 9.17) is 4.74 Å². The number of hydrogen-bond donors (Lipinski definition) is 1. The van der Waals surface area contributed by atoms with Gasteiger partial charge in [-0.05, 0) is 17.4 Å². The van der Waals surface area contributed by atoms with Crippen molar-refractivity contribution in [3.05, 3.63) is 5.82 Å². The second-order valence-corrected chi connectivity index (χ2v) is 3.86. The lowest BCUT2D eigenvalue weighted by atomic mass is 10.4. The zero-order valence-electron chi connectivity index (χ0n) is 9.77. The predicted molar refractivity (Wildman–Crippen MR) is 56.3 cm³/mol. The Morgan fingerprint density at radius 2 is 2.13 bits per heavy atom. The molecular formula is C9H19N5O. The fourth-order valence-electron chi connectivity index (χ4n) is 1.11. The number of nitrogens with zero attached hydrogens (tertiary/aromatic N) is 4. The lowest BCUT2D eigenvalue weighted by Gasteiger charge is -2.11. The molecular weight excluding hydrogens is 194 g/mol. The Hall–Kier alpha value is -1.01. The molecule has 1 aromatic rings. The summed E-state index contributed by atoms with van der Waals surface area (Å²) in [7, 11) is 1.68. The second kappa shape index (κ2) is 5.77. The molecule has 1 atom stereocenters. The number of hydrogen-bond acceptors (Lipinski definition) is 5. The van der Waals surface area contributed by atoms with Crippen LogP contribution in [0.3, 0.4) is 0 Å². The van der Waals surface area contributed by atoms with E-state index in [2.05, 4.69) is 34.7 Å². The molecule has 0 amide bonds. The van der Waals surface area contributed by atoms with Crippen LogP contribution in [-0.4, -0.2) is 39.5 Å². The molecule has 1 heterocycles. The molecule has 6 heteroatoms. The molecule has 0 saturated heterocycles. The fourth-order valence-corrected chi connectivity index (χ4v) is 1.11. The number of aromatic nitrogens is 4. The highest BCUT2D eigenvalue weighted by molar-refractivity contribution is 4.81. The number of tetrazole rings is 1. The van der Waals surface area contributed by atoms with E-state index in [1.165, 1.54) is 0 Å². The Kier molecular flexibility index (Phi) is 4.64. The summed E-state index contributed by atoms with van der Waals surface area (Å²) in [6.07, 6.45) is 0.117. The van der Waals surface area contributed by atoms with E-state index >= 15 is 0 Å². The van der Waals surface area contributed by atoms with Gasteiger partial charge in [-0.1, -0.05) is 13.8 Å². The standard InChI is InChI=1S/C9H19N5O/c1-7(2)10-5-9-11-12-13-14(9)6-8(3)15-4/h7-8,10H,5-6H2,1-4H3. The van der Waals surface area contributed by atoms with Gasteiger partial charge in [-0.2, -0.15) is 0 Å². The third-order valence-corrected chi connectivity index (χ3v) is 2.11. The summed E-state index contributed by atoms with van der Waals surface area (Å²) in [6, 6.07) is 0.426. The highest BCUT2D eigenvalue weighted by atomic mass is 16.5. The zero-order chi connectivity index (χ0) is 11.3. The quantitative estimate of drug-likeness (QED) is 0.731. The van der Waals surface area contributed by atoms with Crippen LogP contribution in [0.1, 0.15) is 26.6 Å². The molecule has 1 aromatic heterocycles. The first-order valence-corrected chi connectivity index (χ1v) is 5.14. The minimum absolute atomic E-state index is 0.117. The number of rotatable bonds is 6. The van der Waals surface area contributed by atoms with E-state index in [0.29, 0.717) is 19.1 Å². The van der Waals surface area contributed by atoms with Crippen molar-refractivity contribution in [1.29, 1.82) is 0 Å². The molecule has 0 aliphatic rings. The molecule has 0 aromatic carbocycles. The molecule has 6 nitrogen and oxygen atoms in total. The largest absolute Gasteiger partial charge is 0.380 e. The Morgan fingerprint density at radius 3 is 2.73 bits per heavy atom. The lowest BCUT2D eigenvalue weighted by Crippen LogP contribution is -2.26. The summed E-state index contributed by atoms with van der Waals surface area (Å²) in [6.45, 7) is 7.53. The maximum atomic E-state index is 5.17. The first kappa shape index (κ1) is 12.1. The molecule has 1 unspecified atom stereocenters. The smallest absolute Gasteiger partial charge is 0.165 e. The predicted octanol–water partition coefficient (Wildman–Crippen LogP) is 0.206. The van der Waals surface area contributed by atoms with Crippen molar-refractivity contribution in [2.24, 2.45) is 0 Å². The van der Waals surface area contributed by atoms with Crippen LogP contribution in [0.2, 0.25) is 0 Å². The van der Waals surface area contributed by atoms with Crippen LogP contribution in [0.25, 0.3) is 0 Å². The monoisotopic (exact) mass is 213 g/mol. The molecule has 0 spiro atoms. The van der Waals surface area contributed by atoms with E-state index in [1.807, 2.05) is 6.92 Å². The Labute approximate surface area is 90.0 Å². The van der Waals surface area contributed by atoms with Gasteiger partial charge < -0.3 is 10.1 Å². The van der Waals surface area contributed by atoms with Crippen molar-refractivity contribution < 1.29 is 4.74 Å². The van der Waals surface area contributed by atoms with Gasteiger partial charge in [0, 0.05) is 13.2 Å². The molecule has 0 radical (unpaired) electrons. The van der Waals surface area contributed by atoms with Crippen molar-refractivity contribution in [2.45, 2.75) is 46.0 Å². The van der Waals surface area contributed by atoms with Gasteiger partial charge in [-0.25, -0.2) is 4.68 Å². The molecule has 1 N–H and O–H groups in total. The first-order chi connectivity index (χ1) is 7.13. The normalized spacial score (nSPS) is 13.4. The van der Waals surface area contributed by atoms with Crippen LogP contribution in [0.5, 0.6) is 0 Å². The molecule has 1 rings (SSSR count). The summed E-state index contributed by atoms with van der Waals surface area (Å²) < 4.78 is 6.93. The van der Waals surface area contributed by atoms with Gasteiger partial charge in [-0.3, -0.25) is 0 Å². The lowest BCUT2D eigenvalue weighted by molar-refractivity contribution is 0.0982. The summed E-state index contributed by atoms with van der Waals surface area (Å²) in [5, 5.41) is 14.8. The van der Waals surface area contributed by atoms with Crippen molar-refractivity contribution in [3.8, 4) is 0 Å².